The second kappa shape index (κ2) is 12.2. The predicted molar refractivity (Wildman–Crippen MR) is 165 cm³/mol. The van der Waals surface area contributed by atoms with Gasteiger partial charge in [-0.05, 0) is 60.0 Å². The molecule has 3 aromatic carbocycles. The van der Waals surface area contributed by atoms with Gasteiger partial charge < -0.3 is 19.8 Å². The molecule has 3 heterocycles. The summed E-state index contributed by atoms with van der Waals surface area (Å²) in [6, 6.07) is 23.3. The van der Waals surface area contributed by atoms with Crippen LogP contribution in [0.2, 0.25) is 0 Å². The molecule has 2 aliphatic heterocycles. The van der Waals surface area contributed by atoms with Crippen molar-refractivity contribution in [2.45, 2.75) is 18.9 Å². The number of aromatic nitrogens is 1. The summed E-state index contributed by atoms with van der Waals surface area (Å²) in [4.78, 5) is 50.4. The zero-order valence-electron chi connectivity index (χ0n) is 24.1. The average molecular weight is 575 g/mol. The topological polar surface area (TPSA) is 94.0 Å². The first kappa shape index (κ1) is 28.3. The van der Waals surface area contributed by atoms with Crippen molar-refractivity contribution < 1.29 is 19.5 Å². The molecule has 4 aromatic rings. The second-order valence-corrected chi connectivity index (χ2v) is 11.3. The first-order chi connectivity index (χ1) is 20.9. The van der Waals surface area contributed by atoms with Gasteiger partial charge in [-0.25, -0.2) is 4.79 Å². The van der Waals surface area contributed by atoms with Crippen molar-refractivity contribution >= 4 is 23.3 Å². The lowest BCUT2D eigenvalue weighted by atomic mass is 9.86. The molecule has 0 aliphatic carbocycles. The van der Waals surface area contributed by atoms with Gasteiger partial charge >= 0.3 is 5.97 Å². The van der Waals surface area contributed by atoms with E-state index in [4.69, 9.17) is 0 Å². The lowest BCUT2D eigenvalue weighted by molar-refractivity contribution is -0.123. The van der Waals surface area contributed by atoms with E-state index in [1.54, 1.807) is 29.4 Å². The number of carboxylic acid groups (broad SMARTS) is 1. The van der Waals surface area contributed by atoms with Gasteiger partial charge in [-0.2, -0.15) is 0 Å². The number of fused-ring (bicyclic) bond motifs is 1. The number of hydrogen-bond acceptors (Lipinski definition) is 6. The number of carbonyl (C=O) groups is 3. The maximum atomic E-state index is 14.2. The molecule has 1 unspecified atom stereocenters. The van der Waals surface area contributed by atoms with E-state index >= 15 is 0 Å². The van der Waals surface area contributed by atoms with Gasteiger partial charge in [-0.1, -0.05) is 54.6 Å². The molecule has 43 heavy (non-hydrogen) atoms. The summed E-state index contributed by atoms with van der Waals surface area (Å²) in [5, 5.41) is 9.29. The fraction of sp³-hybridized carbons (Fsp3) is 0.257. The van der Waals surface area contributed by atoms with Gasteiger partial charge in [0.25, 0.3) is 5.91 Å². The number of ketones is 1. The number of nitrogens with zero attached hydrogens (tertiary/aromatic N) is 4. The summed E-state index contributed by atoms with van der Waals surface area (Å²) >= 11 is 0. The number of likely N-dealkylation sites (N-methyl/N-ethyl adjacent to an activating group) is 1. The molecule has 1 atom stereocenters. The maximum Gasteiger partial charge on any atom is 0.335 e. The number of rotatable bonds is 7. The van der Waals surface area contributed by atoms with Crippen LogP contribution in [0.15, 0.2) is 91.3 Å². The molecule has 0 spiro atoms. The van der Waals surface area contributed by atoms with Crippen molar-refractivity contribution in [3.63, 3.8) is 0 Å². The molecular weight excluding hydrogens is 540 g/mol. The second-order valence-electron chi connectivity index (χ2n) is 11.3. The SMILES string of the molecule is CN1CCN(c2cccc3c2CCN(C(=O)c2cncc(-c4ccccc4)c2)C3C(=O)Cc2ccc(C(=O)O)cc2)CC1. The van der Waals surface area contributed by atoms with Gasteiger partial charge in [0.15, 0.2) is 5.78 Å². The van der Waals surface area contributed by atoms with Gasteiger partial charge in [0.1, 0.15) is 6.04 Å². The number of benzene rings is 3. The number of aromatic carboxylic acids is 1. The highest BCUT2D eigenvalue weighted by molar-refractivity contribution is 6.00. The molecule has 218 valence electrons. The molecule has 0 saturated carbocycles. The van der Waals surface area contributed by atoms with Crippen LogP contribution in [0.3, 0.4) is 0 Å². The van der Waals surface area contributed by atoms with Crippen LogP contribution < -0.4 is 4.90 Å². The third kappa shape index (κ3) is 5.92. The fourth-order valence-electron chi connectivity index (χ4n) is 6.13. The minimum absolute atomic E-state index is 0.0782. The van der Waals surface area contributed by atoms with Crippen molar-refractivity contribution in [3.8, 4) is 11.1 Å². The van der Waals surface area contributed by atoms with Gasteiger partial charge in [0.05, 0.1) is 11.1 Å². The Morgan fingerprint density at radius 1 is 0.814 bits per heavy atom. The molecule has 0 bridgehead atoms. The minimum Gasteiger partial charge on any atom is -0.478 e. The highest BCUT2D eigenvalue weighted by atomic mass is 16.4. The minimum atomic E-state index is -1.02. The molecule has 6 rings (SSSR count). The predicted octanol–water partition coefficient (Wildman–Crippen LogP) is 4.75. The van der Waals surface area contributed by atoms with Crippen LogP contribution in [0.1, 0.15) is 43.4 Å². The van der Waals surface area contributed by atoms with E-state index < -0.39 is 12.0 Å². The van der Waals surface area contributed by atoms with Crippen LogP contribution in [0.5, 0.6) is 0 Å². The maximum absolute atomic E-state index is 14.2. The molecule has 1 N–H and O–H groups in total. The third-order valence-electron chi connectivity index (χ3n) is 8.48. The number of carbonyl (C=O) groups excluding carboxylic acids is 2. The van der Waals surface area contributed by atoms with E-state index in [0.29, 0.717) is 24.1 Å². The van der Waals surface area contributed by atoms with Crippen molar-refractivity contribution in [1.82, 2.24) is 14.8 Å². The van der Waals surface area contributed by atoms with E-state index in [1.165, 1.54) is 12.1 Å². The molecular formula is C35H34N4O4. The summed E-state index contributed by atoms with van der Waals surface area (Å²) in [7, 11) is 2.13. The van der Waals surface area contributed by atoms with Crippen LogP contribution in [0.4, 0.5) is 5.69 Å². The van der Waals surface area contributed by atoms with Crippen LogP contribution in [0.25, 0.3) is 11.1 Å². The zero-order chi connectivity index (χ0) is 29.9. The summed E-state index contributed by atoms with van der Waals surface area (Å²) in [5.74, 6) is -1.36. The number of hydrogen-bond donors (Lipinski definition) is 1. The van der Waals surface area contributed by atoms with Crippen molar-refractivity contribution in [3.05, 3.63) is 119 Å². The van der Waals surface area contributed by atoms with Crippen molar-refractivity contribution in [2.75, 3.05) is 44.7 Å². The summed E-state index contributed by atoms with van der Waals surface area (Å²) in [6.45, 7) is 4.14. The van der Waals surface area contributed by atoms with Crippen LogP contribution in [0, 0.1) is 0 Å². The third-order valence-corrected chi connectivity index (χ3v) is 8.48. The molecule has 1 aromatic heterocycles. The number of pyridine rings is 1. The fourth-order valence-corrected chi connectivity index (χ4v) is 6.13. The smallest absolute Gasteiger partial charge is 0.335 e. The first-order valence-electron chi connectivity index (χ1n) is 14.6. The van der Waals surface area contributed by atoms with Gasteiger partial charge in [0, 0.05) is 62.8 Å². The van der Waals surface area contributed by atoms with E-state index in [0.717, 1.165) is 54.1 Å². The lowest BCUT2D eigenvalue weighted by Gasteiger charge is -2.40. The number of carboxylic acids is 1. The number of amides is 1. The zero-order valence-corrected chi connectivity index (χ0v) is 24.1. The van der Waals surface area contributed by atoms with E-state index in [1.807, 2.05) is 48.5 Å². The average Bonchev–Trinajstić information content (AvgIpc) is 3.04. The number of piperazine rings is 1. The molecule has 8 heteroatoms. The monoisotopic (exact) mass is 574 g/mol. The molecule has 1 saturated heterocycles. The Morgan fingerprint density at radius 2 is 1.56 bits per heavy atom. The molecule has 1 fully saturated rings. The van der Waals surface area contributed by atoms with Gasteiger partial charge in [-0.15, -0.1) is 0 Å². The van der Waals surface area contributed by atoms with Crippen molar-refractivity contribution in [1.29, 1.82) is 0 Å². The largest absolute Gasteiger partial charge is 0.478 e. The Balaban J connectivity index is 1.36. The van der Waals surface area contributed by atoms with Crippen LogP contribution >= 0.6 is 0 Å². The Bertz CT molecular complexity index is 1650. The van der Waals surface area contributed by atoms with E-state index in [-0.39, 0.29) is 23.7 Å². The quantitative estimate of drug-likeness (QED) is 0.341. The van der Waals surface area contributed by atoms with Gasteiger partial charge in [0.2, 0.25) is 0 Å². The molecule has 2 aliphatic rings. The standard InChI is InChI=1S/C35H34N4O4/c1-37-16-18-38(19-17-37)31-9-5-8-30-29(31)14-15-39(33(30)32(40)20-24-10-12-26(13-11-24)35(42)43)34(41)28-21-27(22-36-23-28)25-6-3-2-4-7-25/h2-13,21-23,33H,14-20H2,1H3,(H,42,43). The molecule has 0 radical (unpaired) electrons. The Labute approximate surface area is 251 Å². The molecule has 1 amide bonds. The molecule has 8 nitrogen and oxygen atoms in total. The highest BCUT2D eigenvalue weighted by Crippen LogP contribution is 2.38. The van der Waals surface area contributed by atoms with Crippen LogP contribution in [-0.4, -0.2) is 77.3 Å². The Hall–Kier alpha value is -4.82. The lowest BCUT2D eigenvalue weighted by Crippen LogP contribution is -2.47. The van der Waals surface area contributed by atoms with Crippen LogP contribution in [-0.2, 0) is 17.6 Å². The number of Topliss-reactive ketones (excluding diaryl/α,β-unsaturated/α-hetero) is 1. The van der Waals surface area contributed by atoms with E-state index in [9.17, 15) is 19.5 Å². The summed E-state index contributed by atoms with van der Waals surface area (Å²) in [5.41, 5.74) is 6.21. The van der Waals surface area contributed by atoms with Crippen molar-refractivity contribution in [2.24, 2.45) is 0 Å². The normalized spacial score (nSPS) is 16.9. The van der Waals surface area contributed by atoms with E-state index in [2.05, 4.69) is 27.9 Å². The highest BCUT2D eigenvalue weighted by Gasteiger charge is 2.38. The Kier molecular flexibility index (Phi) is 8.03. The summed E-state index contributed by atoms with van der Waals surface area (Å²) < 4.78 is 0. The number of anilines is 1. The first-order valence-corrected chi connectivity index (χ1v) is 14.6. The Morgan fingerprint density at radius 3 is 2.28 bits per heavy atom. The summed E-state index contributed by atoms with van der Waals surface area (Å²) in [6.07, 6.45) is 4.03. The van der Waals surface area contributed by atoms with Gasteiger partial charge in [-0.3, -0.25) is 14.6 Å².